The fourth-order valence-corrected chi connectivity index (χ4v) is 4.25. The van der Waals surface area contributed by atoms with Gasteiger partial charge in [-0.15, -0.1) is 0 Å². The quantitative estimate of drug-likeness (QED) is 0.710. The summed E-state index contributed by atoms with van der Waals surface area (Å²) in [6.07, 6.45) is 4.81. The molecule has 0 aliphatic carbocycles. The third kappa shape index (κ3) is 4.38. The number of hydrogen-bond donors (Lipinski definition) is 0. The van der Waals surface area contributed by atoms with Crippen LogP contribution in [0.25, 0.3) is 0 Å². The Morgan fingerprint density at radius 2 is 1.58 bits per heavy atom. The lowest BCUT2D eigenvalue weighted by atomic mass is 10.1. The summed E-state index contributed by atoms with van der Waals surface area (Å²) in [6.45, 7) is 7.78. The molecule has 1 aromatic carbocycles. The molecule has 0 bridgehead atoms. The molecule has 0 atom stereocenters. The van der Waals surface area contributed by atoms with Crippen molar-refractivity contribution in [2.24, 2.45) is 0 Å². The number of carbonyl (C=O) groups is 2. The topological polar surface area (TPSA) is 76.9 Å². The molecule has 1 aromatic heterocycles. The first kappa shape index (κ1) is 21.2. The number of ether oxygens (including phenoxy) is 2. The highest BCUT2D eigenvalue weighted by molar-refractivity contribution is 5.96. The predicted molar refractivity (Wildman–Crippen MR) is 116 cm³/mol. The normalized spacial score (nSPS) is 16.1. The Hall–Kier alpha value is -3.03. The third-order valence-electron chi connectivity index (χ3n) is 5.86. The minimum atomic E-state index is -0.0565. The Bertz CT molecular complexity index is 947. The van der Waals surface area contributed by atoms with E-state index in [4.69, 9.17) is 9.47 Å². The van der Waals surface area contributed by atoms with Gasteiger partial charge in [0.25, 0.3) is 11.8 Å². The van der Waals surface area contributed by atoms with Gasteiger partial charge in [-0.3, -0.25) is 14.3 Å². The second kappa shape index (κ2) is 9.41. The maximum absolute atomic E-state index is 13.0. The SMILES string of the molecule is CCOc1ccc(C(=O)N2CCN(C(=O)c3cnn4c3CCCC4)CC2)cc1OCC. The molecule has 0 saturated carbocycles. The lowest BCUT2D eigenvalue weighted by molar-refractivity contribution is 0.0534. The Kier molecular flexibility index (Phi) is 6.44. The van der Waals surface area contributed by atoms with Gasteiger partial charge in [0, 0.05) is 38.3 Å². The molecule has 2 aliphatic rings. The number of aromatic nitrogens is 2. The number of fused-ring (bicyclic) bond motifs is 1. The number of nitrogens with zero attached hydrogens (tertiary/aromatic N) is 4. The lowest BCUT2D eigenvalue weighted by Crippen LogP contribution is -2.50. The van der Waals surface area contributed by atoms with Gasteiger partial charge in [-0.1, -0.05) is 0 Å². The number of aryl methyl sites for hydroxylation is 1. The van der Waals surface area contributed by atoms with E-state index >= 15 is 0 Å². The van der Waals surface area contributed by atoms with Crippen molar-refractivity contribution in [2.75, 3.05) is 39.4 Å². The number of amides is 2. The Morgan fingerprint density at radius 3 is 2.29 bits per heavy atom. The molecule has 0 spiro atoms. The fraction of sp³-hybridized carbons (Fsp3) is 0.522. The van der Waals surface area contributed by atoms with Crippen LogP contribution in [0, 0.1) is 0 Å². The molecule has 1 fully saturated rings. The van der Waals surface area contributed by atoms with Crippen LogP contribution < -0.4 is 9.47 Å². The van der Waals surface area contributed by atoms with Crippen LogP contribution in [-0.2, 0) is 13.0 Å². The summed E-state index contributed by atoms with van der Waals surface area (Å²) < 4.78 is 13.2. The maximum atomic E-state index is 13.0. The third-order valence-corrected chi connectivity index (χ3v) is 5.86. The van der Waals surface area contributed by atoms with Crippen molar-refractivity contribution in [1.82, 2.24) is 19.6 Å². The van der Waals surface area contributed by atoms with Crippen molar-refractivity contribution < 1.29 is 19.1 Å². The molecule has 2 aromatic rings. The van der Waals surface area contributed by atoms with Gasteiger partial charge >= 0.3 is 0 Å². The summed E-state index contributed by atoms with van der Waals surface area (Å²) in [6, 6.07) is 5.30. The molecule has 0 unspecified atom stereocenters. The van der Waals surface area contributed by atoms with Crippen molar-refractivity contribution in [1.29, 1.82) is 0 Å². The summed E-state index contributed by atoms with van der Waals surface area (Å²) in [5.74, 6) is 1.18. The van der Waals surface area contributed by atoms with Gasteiger partial charge in [-0.2, -0.15) is 5.10 Å². The van der Waals surface area contributed by atoms with E-state index in [1.807, 2.05) is 23.4 Å². The van der Waals surface area contributed by atoms with Gasteiger partial charge < -0.3 is 19.3 Å². The molecule has 1 saturated heterocycles. The van der Waals surface area contributed by atoms with Crippen LogP contribution in [-0.4, -0.2) is 70.8 Å². The summed E-state index contributed by atoms with van der Waals surface area (Å²) in [5, 5.41) is 4.38. The average molecular weight is 427 g/mol. The van der Waals surface area contributed by atoms with E-state index < -0.39 is 0 Å². The van der Waals surface area contributed by atoms with Crippen molar-refractivity contribution in [3.05, 3.63) is 41.2 Å². The molecule has 0 radical (unpaired) electrons. The van der Waals surface area contributed by atoms with Crippen molar-refractivity contribution in [3.8, 4) is 11.5 Å². The van der Waals surface area contributed by atoms with Gasteiger partial charge in [0.15, 0.2) is 11.5 Å². The van der Waals surface area contributed by atoms with E-state index in [-0.39, 0.29) is 11.8 Å². The number of carbonyl (C=O) groups excluding carboxylic acids is 2. The largest absolute Gasteiger partial charge is 0.490 e. The maximum Gasteiger partial charge on any atom is 0.257 e. The number of rotatable bonds is 6. The van der Waals surface area contributed by atoms with Gasteiger partial charge in [0.1, 0.15) is 0 Å². The first-order chi connectivity index (χ1) is 15.1. The lowest BCUT2D eigenvalue weighted by Gasteiger charge is -2.35. The van der Waals surface area contributed by atoms with E-state index in [0.29, 0.717) is 62.0 Å². The summed E-state index contributed by atoms with van der Waals surface area (Å²) >= 11 is 0. The summed E-state index contributed by atoms with van der Waals surface area (Å²) in [4.78, 5) is 29.7. The zero-order valence-electron chi connectivity index (χ0n) is 18.3. The molecule has 2 amide bonds. The second-order valence-electron chi connectivity index (χ2n) is 7.80. The van der Waals surface area contributed by atoms with E-state index in [1.54, 1.807) is 29.3 Å². The van der Waals surface area contributed by atoms with Crippen LogP contribution in [0.3, 0.4) is 0 Å². The van der Waals surface area contributed by atoms with E-state index in [1.165, 1.54) is 0 Å². The summed E-state index contributed by atoms with van der Waals surface area (Å²) in [7, 11) is 0. The monoisotopic (exact) mass is 426 g/mol. The van der Waals surface area contributed by atoms with Gasteiger partial charge in [0.2, 0.25) is 0 Å². The van der Waals surface area contributed by atoms with Gasteiger partial charge in [-0.25, -0.2) is 0 Å². The van der Waals surface area contributed by atoms with Crippen LogP contribution in [0.5, 0.6) is 11.5 Å². The van der Waals surface area contributed by atoms with E-state index in [2.05, 4.69) is 5.10 Å². The van der Waals surface area contributed by atoms with E-state index in [9.17, 15) is 9.59 Å². The molecular formula is C23H30N4O4. The molecule has 8 heteroatoms. The molecular weight excluding hydrogens is 396 g/mol. The Balaban J connectivity index is 1.40. The smallest absolute Gasteiger partial charge is 0.257 e. The van der Waals surface area contributed by atoms with Gasteiger partial charge in [0.05, 0.1) is 30.7 Å². The molecule has 0 N–H and O–H groups in total. The van der Waals surface area contributed by atoms with Crippen LogP contribution in [0.1, 0.15) is 53.1 Å². The minimum absolute atomic E-state index is 0.0231. The van der Waals surface area contributed by atoms with Gasteiger partial charge in [-0.05, 0) is 51.3 Å². The van der Waals surface area contributed by atoms with Crippen LogP contribution in [0.2, 0.25) is 0 Å². The second-order valence-corrected chi connectivity index (χ2v) is 7.80. The number of hydrogen-bond acceptors (Lipinski definition) is 5. The first-order valence-corrected chi connectivity index (χ1v) is 11.1. The Morgan fingerprint density at radius 1 is 0.903 bits per heavy atom. The molecule has 8 nitrogen and oxygen atoms in total. The summed E-state index contributed by atoms with van der Waals surface area (Å²) in [5.41, 5.74) is 2.33. The zero-order valence-corrected chi connectivity index (χ0v) is 18.3. The highest BCUT2D eigenvalue weighted by atomic mass is 16.5. The zero-order chi connectivity index (χ0) is 21.8. The molecule has 2 aliphatic heterocycles. The minimum Gasteiger partial charge on any atom is -0.490 e. The van der Waals surface area contributed by atoms with Crippen molar-refractivity contribution >= 4 is 11.8 Å². The number of piperazine rings is 1. The number of benzene rings is 1. The van der Waals surface area contributed by atoms with Crippen molar-refractivity contribution in [2.45, 2.75) is 39.7 Å². The Labute approximate surface area is 182 Å². The van der Waals surface area contributed by atoms with Crippen LogP contribution in [0.4, 0.5) is 0 Å². The molecule has 3 heterocycles. The predicted octanol–water partition coefficient (Wildman–Crippen LogP) is 2.62. The standard InChI is InChI=1S/C23H30N4O4/c1-3-30-20-9-8-17(15-21(20)31-4-2)22(28)25-11-13-26(14-12-25)23(29)18-16-24-27-10-6-5-7-19(18)27/h8-9,15-16H,3-7,10-14H2,1-2H3. The highest BCUT2D eigenvalue weighted by Crippen LogP contribution is 2.29. The highest BCUT2D eigenvalue weighted by Gasteiger charge is 2.29. The molecule has 31 heavy (non-hydrogen) atoms. The van der Waals surface area contributed by atoms with Crippen LogP contribution in [0.15, 0.2) is 24.4 Å². The first-order valence-electron chi connectivity index (χ1n) is 11.1. The average Bonchev–Trinajstić information content (AvgIpc) is 3.24. The van der Waals surface area contributed by atoms with Crippen molar-refractivity contribution in [3.63, 3.8) is 0 Å². The van der Waals surface area contributed by atoms with E-state index in [0.717, 1.165) is 31.5 Å². The molecule has 166 valence electrons. The molecule has 4 rings (SSSR count). The van der Waals surface area contributed by atoms with Crippen LogP contribution >= 0.6 is 0 Å². The fourth-order valence-electron chi connectivity index (χ4n) is 4.25.